The molecule has 0 saturated carbocycles. The standard InChI is InChI=1S/C14H21N3O/c1-3-14(2)7-9-17(10-8-14)13(18)11-5-4-6-12(15)16-11/h4-6H,3,7-10H2,1-2H3,(H2,15,16). The number of pyridine rings is 1. The van der Waals surface area contributed by atoms with Gasteiger partial charge in [0.1, 0.15) is 11.5 Å². The monoisotopic (exact) mass is 247 g/mol. The third-order valence-electron chi connectivity index (χ3n) is 4.10. The lowest BCUT2D eigenvalue weighted by Gasteiger charge is -2.38. The van der Waals surface area contributed by atoms with Crippen LogP contribution in [-0.2, 0) is 0 Å². The maximum absolute atomic E-state index is 12.3. The maximum Gasteiger partial charge on any atom is 0.272 e. The van der Waals surface area contributed by atoms with Crippen molar-refractivity contribution in [2.45, 2.75) is 33.1 Å². The summed E-state index contributed by atoms with van der Waals surface area (Å²) in [7, 11) is 0. The van der Waals surface area contributed by atoms with E-state index in [9.17, 15) is 4.79 Å². The minimum Gasteiger partial charge on any atom is -0.384 e. The average Bonchev–Trinajstić information content (AvgIpc) is 2.39. The molecule has 1 aromatic rings. The van der Waals surface area contributed by atoms with Gasteiger partial charge in [-0.25, -0.2) is 4.98 Å². The molecule has 0 radical (unpaired) electrons. The number of nitrogen functional groups attached to an aromatic ring is 1. The first-order chi connectivity index (χ1) is 8.54. The molecule has 0 aliphatic carbocycles. The highest BCUT2D eigenvalue weighted by atomic mass is 16.2. The summed E-state index contributed by atoms with van der Waals surface area (Å²) in [5.41, 5.74) is 6.45. The van der Waals surface area contributed by atoms with Crippen molar-refractivity contribution in [1.29, 1.82) is 0 Å². The van der Waals surface area contributed by atoms with Gasteiger partial charge in [-0.2, -0.15) is 0 Å². The van der Waals surface area contributed by atoms with Crippen LogP contribution in [0.1, 0.15) is 43.6 Å². The van der Waals surface area contributed by atoms with Gasteiger partial charge in [-0.15, -0.1) is 0 Å². The number of piperidine rings is 1. The van der Waals surface area contributed by atoms with E-state index >= 15 is 0 Å². The van der Waals surface area contributed by atoms with Crippen LogP contribution in [0.3, 0.4) is 0 Å². The van der Waals surface area contributed by atoms with Gasteiger partial charge in [-0.1, -0.05) is 26.3 Å². The molecule has 0 aromatic carbocycles. The minimum absolute atomic E-state index is 0.000420. The number of rotatable bonds is 2. The number of hydrogen-bond donors (Lipinski definition) is 1. The Labute approximate surface area is 108 Å². The van der Waals surface area contributed by atoms with E-state index in [1.54, 1.807) is 18.2 Å². The fourth-order valence-corrected chi connectivity index (χ4v) is 2.34. The number of aromatic nitrogens is 1. The van der Waals surface area contributed by atoms with Crippen molar-refractivity contribution >= 4 is 11.7 Å². The molecular formula is C14H21N3O. The second kappa shape index (κ2) is 4.96. The number of amides is 1. The first kappa shape index (κ1) is 12.9. The molecule has 18 heavy (non-hydrogen) atoms. The maximum atomic E-state index is 12.3. The lowest BCUT2D eigenvalue weighted by atomic mass is 9.78. The van der Waals surface area contributed by atoms with Gasteiger partial charge in [0.2, 0.25) is 0 Å². The Bertz CT molecular complexity index is 436. The number of carbonyl (C=O) groups is 1. The molecule has 1 saturated heterocycles. The Morgan fingerprint density at radius 2 is 2.11 bits per heavy atom. The van der Waals surface area contributed by atoms with Crippen LogP contribution in [-0.4, -0.2) is 28.9 Å². The fraction of sp³-hybridized carbons (Fsp3) is 0.571. The van der Waals surface area contributed by atoms with E-state index < -0.39 is 0 Å². The quantitative estimate of drug-likeness (QED) is 0.872. The van der Waals surface area contributed by atoms with E-state index in [-0.39, 0.29) is 5.91 Å². The van der Waals surface area contributed by atoms with Gasteiger partial charge >= 0.3 is 0 Å². The van der Waals surface area contributed by atoms with Crippen molar-refractivity contribution in [3.8, 4) is 0 Å². The van der Waals surface area contributed by atoms with Gasteiger partial charge in [0.25, 0.3) is 5.91 Å². The number of nitrogens with zero attached hydrogens (tertiary/aromatic N) is 2. The van der Waals surface area contributed by atoms with Crippen LogP contribution in [0.25, 0.3) is 0 Å². The third-order valence-corrected chi connectivity index (χ3v) is 4.10. The van der Waals surface area contributed by atoms with E-state index in [1.165, 1.54) is 6.42 Å². The number of hydrogen-bond acceptors (Lipinski definition) is 3. The zero-order valence-corrected chi connectivity index (χ0v) is 11.1. The van der Waals surface area contributed by atoms with Crippen LogP contribution in [0.4, 0.5) is 5.82 Å². The lowest BCUT2D eigenvalue weighted by Crippen LogP contribution is -2.42. The lowest BCUT2D eigenvalue weighted by molar-refractivity contribution is 0.0595. The highest BCUT2D eigenvalue weighted by molar-refractivity contribution is 5.92. The second-order valence-corrected chi connectivity index (χ2v) is 5.40. The zero-order chi connectivity index (χ0) is 13.2. The molecule has 1 aromatic heterocycles. The highest BCUT2D eigenvalue weighted by Gasteiger charge is 2.30. The van der Waals surface area contributed by atoms with Gasteiger partial charge in [-0.3, -0.25) is 4.79 Å². The van der Waals surface area contributed by atoms with Gasteiger partial charge in [0, 0.05) is 13.1 Å². The van der Waals surface area contributed by atoms with Crippen LogP contribution in [0.2, 0.25) is 0 Å². The molecule has 0 unspecified atom stereocenters. The molecule has 0 atom stereocenters. The predicted molar refractivity (Wildman–Crippen MR) is 72.2 cm³/mol. The predicted octanol–water partition coefficient (Wildman–Crippen LogP) is 2.32. The number of carbonyl (C=O) groups excluding carboxylic acids is 1. The molecule has 0 bridgehead atoms. The molecule has 4 heteroatoms. The van der Waals surface area contributed by atoms with Crippen molar-refractivity contribution in [1.82, 2.24) is 9.88 Å². The van der Waals surface area contributed by atoms with Crippen LogP contribution in [0, 0.1) is 5.41 Å². The zero-order valence-electron chi connectivity index (χ0n) is 11.1. The Balaban J connectivity index is 2.04. The van der Waals surface area contributed by atoms with Crippen LogP contribution in [0.5, 0.6) is 0 Å². The molecule has 2 N–H and O–H groups in total. The van der Waals surface area contributed by atoms with Crippen molar-refractivity contribution in [3.63, 3.8) is 0 Å². The van der Waals surface area contributed by atoms with E-state index in [1.807, 2.05) is 4.90 Å². The fourth-order valence-electron chi connectivity index (χ4n) is 2.34. The minimum atomic E-state index is 0.000420. The van der Waals surface area contributed by atoms with E-state index in [0.717, 1.165) is 25.9 Å². The molecule has 1 aliphatic rings. The van der Waals surface area contributed by atoms with E-state index in [0.29, 0.717) is 16.9 Å². The van der Waals surface area contributed by atoms with Gasteiger partial charge in [0.15, 0.2) is 0 Å². The summed E-state index contributed by atoms with van der Waals surface area (Å²) in [4.78, 5) is 18.2. The summed E-state index contributed by atoms with van der Waals surface area (Å²) in [5, 5.41) is 0. The normalized spacial score (nSPS) is 18.7. The second-order valence-electron chi connectivity index (χ2n) is 5.40. The Kier molecular flexibility index (Phi) is 3.55. The summed E-state index contributed by atoms with van der Waals surface area (Å²) < 4.78 is 0. The van der Waals surface area contributed by atoms with Crippen molar-refractivity contribution in [2.75, 3.05) is 18.8 Å². The van der Waals surface area contributed by atoms with Gasteiger partial charge in [0.05, 0.1) is 0 Å². The van der Waals surface area contributed by atoms with Crippen LogP contribution >= 0.6 is 0 Å². The average molecular weight is 247 g/mol. The number of likely N-dealkylation sites (tertiary alicyclic amines) is 1. The highest BCUT2D eigenvalue weighted by Crippen LogP contribution is 2.34. The summed E-state index contributed by atoms with van der Waals surface area (Å²) in [5.74, 6) is 0.400. The van der Waals surface area contributed by atoms with Crippen LogP contribution < -0.4 is 5.73 Å². The van der Waals surface area contributed by atoms with Gasteiger partial charge in [-0.05, 0) is 30.4 Å². The van der Waals surface area contributed by atoms with Gasteiger partial charge < -0.3 is 10.6 Å². The number of anilines is 1. The SMILES string of the molecule is CCC1(C)CCN(C(=O)c2cccc(N)n2)CC1. The molecule has 98 valence electrons. The summed E-state index contributed by atoms with van der Waals surface area (Å²) in [6.45, 7) is 6.16. The third kappa shape index (κ3) is 2.63. The molecule has 4 nitrogen and oxygen atoms in total. The largest absolute Gasteiger partial charge is 0.384 e. The van der Waals surface area contributed by atoms with E-state index in [2.05, 4.69) is 18.8 Å². The first-order valence-corrected chi connectivity index (χ1v) is 6.56. The molecule has 2 rings (SSSR count). The van der Waals surface area contributed by atoms with Crippen LogP contribution in [0.15, 0.2) is 18.2 Å². The smallest absolute Gasteiger partial charge is 0.272 e. The first-order valence-electron chi connectivity index (χ1n) is 6.56. The summed E-state index contributed by atoms with van der Waals surface area (Å²) in [6.07, 6.45) is 3.31. The molecule has 1 aliphatic heterocycles. The summed E-state index contributed by atoms with van der Waals surface area (Å²) >= 11 is 0. The molecule has 1 amide bonds. The van der Waals surface area contributed by atoms with Crippen molar-refractivity contribution < 1.29 is 4.79 Å². The Morgan fingerprint density at radius 1 is 1.44 bits per heavy atom. The Hall–Kier alpha value is -1.58. The Morgan fingerprint density at radius 3 is 2.67 bits per heavy atom. The molecule has 0 spiro atoms. The molecule has 2 heterocycles. The van der Waals surface area contributed by atoms with Crippen molar-refractivity contribution in [3.05, 3.63) is 23.9 Å². The summed E-state index contributed by atoms with van der Waals surface area (Å²) in [6, 6.07) is 5.20. The van der Waals surface area contributed by atoms with E-state index in [4.69, 9.17) is 5.73 Å². The topological polar surface area (TPSA) is 59.2 Å². The molecular weight excluding hydrogens is 226 g/mol. The number of nitrogens with two attached hydrogens (primary N) is 1. The molecule has 1 fully saturated rings. The van der Waals surface area contributed by atoms with Crippen molar-refractivity contribution in [2.24, 2.45) is 5.41 Å².